The van der Waals surface area contributed by atoms with Gasteiger partial charge in [0.25, 0.3) is 0 Å². The van der Waals surface area contributed by atoms with E-state index in [0.717, 1.165) is 12.4 Å². The topological polar surface area (TPSA) is 100 Å². The second kappa shape index (κ2) is 3.40. The van der Waals surface area contributed by atoms with E-state index in [1.165, 1.54) is 0 Å². The van der Waals surface area contributed by atoms with Crippen molar-refractivity contribution in [3.63, 3.8) is 0 Å². The highest BCUT2D eigenvalue weighted by Gasteiger charge is 2.05. The Morgan fingerprint density at radius 1 is 1.50 bits per heavy atom. The first-order chi connectivity index (χ1) is 6.79. The van der Waals surface area contributed by atoms with E-state index in [1.807, 2.05) is 6.92 Å². The molecular formula is C6H10N8. The van der Waals surface area contributed by atoms with E-state index in [4.69, 9.17) is 5.73 Å². The molecular weight excluding hydrogens is 184 g/mol. The van der Waals surface area contributed by atoms with Crippen LogP contribution in [0.25, 0.3) is 0 Å². The van der Waals surface area contributed by atoms with Crippen LogP contribution in [-0.4, -0.2) is 35.0 Å². The molecule has 0 aromatic carbocycles. The lowest BCUT2D eigenvalue weighted by Gasteiger charge is -1.99. The summed E-state index contributed by atoms with van der Waals surface area (Å²) in [4.78, 5) is 3.80. The first-order valence-electron chi connectivity index (χ1n) is 4.19. The molecule has 2 aromatic heterocycles. The third-order valence-corrected chi connectivity index (χ3v) is 1.76. The van der Waals surface area contributed by atoms with Gasteiger partial charge in [-0.25, -0.2) is 14.3 Å². The zero-order valence-corrected chi connectivity index (χ0v) is 7.70. The van der Waals surface area contributed by atoms with Gasteiger partial charge in [-0.2, -0.15) is 0 Å². The minimum Gasteiger partial charge on any atom is -0.367 e. The highest BCUT2D eigenvalue weighted by Crippen LogP contribution is 1.97. The predicted molar refractivity (Wildman–Crippen MR) is 47.0 cm³/mol. The van der Waals surface area contributed by atoms with Crippen LogP contribution in [0, 0.1) is 0 Å². The molecule has 2 N–H and O–H groups in total. The molecule has 0 spiro atoms. The average molecular weight is 194 g/mol. The standard InChI is InChI=1S/C6H10N8/c1-2-14-5(9-11-12-14)3-13-4-8-6(7)10-13/h4H,2-3H2,1H3,(H2,7,10). The number of aromatic nitrogens is 7. The van der Waals surface area contributed by atoms with Crippen LogP contribution in [0.2, 0.25) is 0 Å². The Morgan fingerprint density at radius 2 is 2.36 bits per heavy atom. The van der Waals surface area contributed by atoms with Crippen LogP contribution < -0.4 is 5.73 Å². The van der Waals surface area contributed by atoms with Crippen LogP contribution in [0.1, 0.15) is 12.7 Å². The van der Waals surface area contributed by atoms with Crippen LogP contribution in [0.4, 0.5) is 5.95 Å². The van der Waals surface area contributed by atoms with Gasteiger partial charge in [0.1, 0.15) is 12.9 Å². The lowest BCUT2D eigenvalue weighted by Crippen LogP contribution is -2.09. The van der Waals surface area contributed by atoms with Crippen LogP contribution in [0.5, 0.6) is 0 Å². The normalized spacial score (nSPS) is 10.6. The van der Waals surface area contributed by atoms with Crippen molar-refractivity contribution in [1.82, 2.24) is 35.0 Å². The molecule has 74 valence electrons. The van der Waals surface area contributed by atoms with Gasteiger partial charge in [0.2, 0.25) is 5.95 Å². The fraction of sp³-hybridized carbons (Fsp3) is 0.500. The van der Waals surface area contributed by atoms with Crippen molar-refractivity contribution < 1.29 is 0 Å². The Labute approximate surface area is 79.7 Å². The summed E-state index contributed by atoms with van der Waals surface area (Å²) in [6, 6.07) is 0. The molecule has 0 aliphatic heterocycles. The molecule has 2 heterocycles. The van der Waals surface area contributed by atoms with Crippen molar-refractivity contribution in [1.29, 1.82) is 0 Å². The van der Waals surface area contributed by atoms with Crippen molar-refractivity contribution >= 4 is 5.95 Å². The molecule has 0 radical (unpaired) electrons. The molecule has 0 fully saturated rings. The molecule has 0 atom stereocenters. The third-order valence-electron chi connectivity index (χ3n) is 1.76. The minimum absolute atomic E-state index is 0.250. The van der Waals surface area contributed by atoms with E-state index in [-0.39, 0.29) is 5.95 Å². The number of nitrogens with two attached hydrogens (primary N) is 1. The summed E-state index contributed by atoms with van der Waals surface area (Å²) >= 11 is 0. The van der Waals surface area contributed by atoms with Gasteiger partial charge in [-0.1, -0.05) is 0 Å². The van der Waals surface area contributed by atoms with Crippen LogP contribution in [-0.2, 0) is 13.1 Å². The van der Waals surface area contributed by atoms with Gasteiger partial charge in [-0.3, -0.25) is 0 Å². The predicted octanol–water partition coefficient (Wildman–Crippen LogP) is -1.08. The molecule has 0 aliphatic carbocycles. The maximum Gasteiger partial charge on any atom is 0.239 e. The number of hydrogen-bond acceptors (Lipinski definition) is 6. The van der Waals surface area contributed by atoms with E-state index < -0.39 is 0 Å². The lowest BCUT2D eigenvalue weighted by atomic mass is 10.6. The van der Waals surface area contributed by atoms with E-state index in [2.05, 4.69) is 25.6 Å². The molecule has 0 unspecified atom stereocenters. The highest BCUT2D eigenvalue weighted by atomic mass is 15.5. The van der Waals surface area contributed by atoms with Gasteiger partial charge in [0, 0.05) is 6.54 Å². The summed E-state index contributed by atoms with van der Waals surface area (Å²) in [6.45, 7) is 3.17. The van der Waals surface area contributed by atoms with Gasteiger partial charge in [0.05, 0.1) is 0 Å². The summed E-state index contributed by atoms with van der Waals surface area (Å²) in [5.41, 5.74) is 5.38. The molecule has 2 aromatic rings. The Hall–Kier alpha value is -1.99. The number of anilines is 1. The van der Waals surface area contributed by atoms with Gasteiger partial charge in [-0.15, -0.1) is 10.2 Å². The van der Waals surface area contributed by atoms with Gasteiger partial charge < -0.3 is 5.73 Å². The second-order valence-corrected chi connectivity index (χ2v) is 2.71. The maximum atomic E-state index is 5.38. The molecule has 8 heteroatoms. The number of rotatable bonds is 3. The molecule has 0 bridgehead atoms. The molecule has 0 aliphatic rings. The Bertz CT molecular complexity index is 415. The Kier molecular flexibility index (Phi) is 2.09. The number of tetrazole rings is 1. The molecule has 14 heavy (non-hydrogen) atoms. The van der Waals surface area contributed by atoms with E-state index in [1.54, 1.807) is 15.7 Å². The summed E-state index contributed by atoms with van der Waals surface area (Å²) in [5, 5.41) is 15.2. The monoisotopic (exact) mass is 194 g/mol. The molecule has 8 nitrogen and oxygen atoms in total. The zero-order valence-electron chi connectivity index (χ0n) is 7.70. The summed E-state index contributed by atoms with van der Waals surface area (Å²) < 4.78 is 3.28. The fourth-order valence-electron chi connectivity index (χ4n) is 1.11. The minimum atomic E-state index is 0.250. The lowest BCUT2D eigenvalue weighted by molar-refractivity contribution is 0.561. The zero-order chi connectivity index (χ0) is 9.97. The molecule has 0 saturated heterocycles. The number of nitrogens with zero attached hydrogens (tertiary/aromatic N) is 7. The first kappa shape index (κ1) is 8.60. The summed E-state index contributed by atoms with van der Waals surface area (Å²) in [5.74, 6) is 0.984. The molecule has 0 amide bonds. The first-order valence-corrected chi connectivity index (χ1v) is 4.19. The maximum absolute atomic E-state index is 5.38. The SMILES string of the molecule is CCn1nnnc1Cn1cnc(N)n1. The van der Waals surface area contributed by atoms with E-state index in [9.17, 15) is 0 Å². The number of hydrogen-bond donors (Lipinski definition) is 1. The Balaban J connectivity index is 2.18. The van der Waals surface area contributed by atoms with Gasteiger partial charge in [0.15, 0.2) is 5.82 Å². The number of nitrogen functional groups attached to an aromatic ring is 1. The largest absolute Gasteiger partial charge is 0.367 e. The van der Waals surface area contributed by atoms with Crippen LogP contribution in [0.15, 0.2) is 6.33 Å². The number of aryl methyl sites for hydroxylation is 1. The van der Waals surface area contributed by atoms with Crippen molar-refractivity contribution in [2.24, 2.45) is 0 Å². The van der Waals surface area contributed by atoms with Crippen LogP contribution >= 0.6 is 0 Å². The van der Waals surface area contributed by atoms with Gasteiger partial charge in [-0.05, 0) is 17.4 Å². The third kappa shape index (κ3) is 1.53. The van der Waals surface area contributed by atoms with Crippen LogP contribution in [0.3, 0.4) is 0 Å². The summed E-state index contributed by atoms with van der Waals surface area (Å²) in [6.07, 6.45) is 1.55. The average Bonchev–Trinajstić information content (AvgIpc) is 2.76. The molecule has 2 rings (SSSR count). The van der Waals surface area contributed by atoms with E-state index in [0.29, 0.717) is 6.54 Å². The van der Waals surface area contributed by atoms with Crippen molar-refractivity contribution in [3.8, 4) is 0 Å². The quantitative estimate of drug-likeness (QED) is 0.666. The molecule has 0 saturated carbocycles. The van der Waals surface area contributed by atoms with Crippen molar-refractivity contribution in [3.05, 3.63) is 12.2 Å². The van der Waals surface area contributed by atoms with Gasteiger partial charge >= 0.3 is 0 Å². The smallest absolute Gasteiger partial charge is 0.239 e. The van der Waals surface area contributed by atoms with Crippen molar-refractivity contribution in [2.75, 3.05) is 5.73 Å². The second-order valence-electron chi connectivity index (χ2n) is 2.71. The van der Waals surface area contributed by atoms with Crippen molar-refractivity contribution in [2.45, 2.75) is 20.0 Å². The Morgan fingerprint density at radius 3 is 3.00 bits per heavy atom. The fourth-order valence-corrected chi connectivity index (χ4v) is 1.11. The highest BCUT2D eigenvalue weighted by molar-refractivity contribution is 5.09. The summed E-state index contributed by atoms with van der Waals surface area (Å²) in [7, 11) is 0. The van der Waals surface area contributed by atoms with E-state index >= 15 is 0 Å².